The van der Waals surface area contributed by atoms with Gasteiger partial charge in [0.2, 0.25) is 0 Å². The molecule has 0 aliphatic heterocycles. The Bertz CT molecular complexity index is 262. The van der Waals surface area contributed by atoms with E-state index >= 15 is 0 Å². The number of hydrogen-bond donors (Lipinski definition) is 8. The molecule has 110 valence electrons. The average molecular weight is 270 g/mol. The summed E-state index contributed by atoms with van der Waals surface area (Å²) in [7, 11) is 0. The summed E-state index contributed by atoms with van der Waals surface area (Å²) in [5, 5.41) is 37.2. The van der Waals surface area contributed by atoms with Gasteiger partial charge in [0, 0.05) is 18.5 Å². The maximum absolute atomic E-state index is 10.6. The predicted octanol–water partition coefficient (Wildman–Crippen LogP) is -2.14. The molecular formula is C8H22N4O6. The monoisotopic (exact) mass is 270 g/mol. The van der Waals surface area contributed by atoms with Gasteiger partial charge in [0.1, 0.15) is 0 Å². The third-order valence-electron chi connectivity index (χ3n) is 2.07. The molecule has 1 atom stereocenters. The maximum Gasteiger partial charge on any atom is 0.317 e. The summed E-state index contributed by atoms with van der Waals surface area (Å²) in [6.07, 6.45) is -2.61. The molecule has 0 aliphatic rings. The average Bonchev–Trinajstić information content (AvgIpc) is 2.12. The van der Waals surface area contributed by atoms with Crippen molar-refractivity contribution in [2.75, 3.05) is 13.1 Å². The number of nitrogens with one attached hydrogen (secondary N) is 1. The van der Waals surface area contributed by atoms with Crippen molar-refractivity contribution in [1.82, 2.24) is 17.6 Å². The zero-order valence-corrected chi connectivity index (χ0v) is 10.0. The van der Waals surface area contributed by atoms with Crippen LogP contribution in [-0.4, -0.2) is 57.3 Å². The third kappa shape index (κ3) is 8.81. The fourth-order valence-electron chi connectivity index (χ4n) is 1.34. The first-order valence-corrected chi connectivity index (χ1v) is 4.56. The van der Waals surface area contributed by atoms with E-state index in [2.05, 4.69) is 5.32 Å². The Morgan fingerprint density at radius 3 is 1.94 bits per heavy atom. The number of aliphatic hydroxyl groups excluding tert-OH is 1. The van der Waals surface area contributed by atoms with Gasteiger partial charge in [-0.15, -0.1) is 0 Å². The third-order valence-corrected chi connectivity index (χ3v) is 2.07. The van der Waals surface area contributed by atoms with Gasteiger partial charge in [0.05, 0.1) is 13.0 Å². The molecule has 0 saturated carbocycles. The summed E-state index contributed by atoms with van der Waals surface area (Å²) in [5.41, 5.74) is 4.01. The lowest BCUT2D eigenvalue weighted by Crippen LogP contribution is -2.55. The van der Waals surface area contributed by atoms with Crippen molar-refractivity contribution in [2.45, 2.75) is 24.7 Å². The molecule has 0 bridgehead atoms. The summed E-state index contributed by atoms with van der Waals surface area (Å²) >= 11 is 0. The Morgan fingerprint density at radius 2 is 1.67 bits per heavy atom. The lowest BCUT2D eigenvalue weighted by Gasteiger charge is -2.32. The van der Waals surface area contributed by atoms with Crippen LogP contribution in [0.15, 0.2) is 0 Å². The van der Waals surface area contributed by atoms with Crippen LogP contribution in [-0.2, 0) is 9.59 Å². The molecule has 0 aromatic carbocycles. The molecule has 0 aromatic rings. The highest BCUT2D eigenvalue weighted by Gasteiger charge is 2.33. The molecule has 0 fully saturated rings. The SMILES string of the molecule is N.N.NCC(CC(=O)O)(CC(O)O)NCC(=O)O. The maximum atomic E-state index is 10.6. The summed E-state index contributed by atoms with van der Waals surface area (Å²) in [4.78, 5) is 21.0. The fraction of sp³-hybridized carbons (Fsp3) is 0.750. The molecule has 10 nitrogen and oxygen atoms in total. The van der Waals surface area contributed by atoms with E-state index in [1.54, 1.807) is 0 Å². The minimum atomic E-state index is -1.76. The highest BCUT2D eigenvalue weighted by atomic mass is 16.5. The van der Waals surface area contributed by atoms with Gasteiger partial charge in [-0.2, -0.15) is 0 Å². The fourth-order valence-corrected chi connectivity index (χ4v) is 1.34. The van der Waals surface area contributed by atoms with Crippen LogP contribution in [0.1, 0.15) is 12.8 Å². The Kier molecular flexibility index (Phi) is 11.8. The van der Waals surface area contributed by atoms with Crippen LogP contribution in [0.3, 0.4) is 0 Å². The number of aliphatic carboxylic acids is 2. The summed E-state index contributed by atoms with van der Waals surface area (Å²) in [5.74, 6) is -2.39. The molecule has 1 unspecified atom stereocenters. The van der Waals surface area contributed by atoms with Gasteiger partial charge in [-0.1, -0.05) is 0 Å². The minimum Gasteiger partial charge on any atom is -0.481 e. The zero-order chi connectivity index (χ0) is 12.8. The van der Waals surface area contributed by atoms with Gasteiger partial charge in [-0.25, -0.2) is 0 Å². The van der Waals surface area contributed by atoms with E-state index in [1.807, 2.05) is 0 Å². The number of carboxylic acid groups (broad SMARTS) is 2. The molecule has 0 saturated heterocycles. The molecule has 0 amide bonds. The van der Waals surface area contributed by atoms with E-state index < -0.39 is 36.7 Å². The van der Waals surface area contributed by atoms with Gasteiger partial charge in [0.15, 0.2) is 6.29 Å². The Labute approximate surface area is 104 Å². The molecular weight excluding hydrogens is 248 g/mol. The van der Waals surface area contributed by atoms with Gasteiger partial charge in [0.25, 0.3) is 0 Å². The largest absolute Gasteiger partial charge is 0.481 e. The van der Waals surface area contributed by atoms with Gasteiger partial charge in [-0.05, 0) is 0 Å². The van der Waals surface area contributed by atoms with Gasteiger partial charge < -0.3 is 38.5 Å². The topological polar surface area (TPSA) is 223 Å². The van der Waals surface area contributed by atoms with E-state index in [0.717, 1.165) is 0 Å². The van der Waals surface area contributed by atoms with Crippen LogP contribution in [0.4, 0.5) is 0 Å². The van der Waals surface area contributed by atoms with Gasteiger partial charge >= 0.3 is 11.9 Å². The minimum absolute atomic E-state index is 0. The molecule has 0 spiro atoms. The second-order valence-electron chi connectivity index (χ2n) is 3.49. The first kappa shape index (κ1) is 21.9. The van der Waals surface area contributed by atoms with Crippen molar-refractivity contribution in [3.63, 3.8) is 0 Å². The van der Waals surface area contributed by atoms with Crippen LogP contribution < -0.4 is 23.4 Å². The van der Waals surface area contributed by atoms with Gasteiger partial charge in [-0.3, -0.25) is 14.9 Å². The lowest BCUT2D eigenvalue weighted by atomic mass is 9.90. The second-order valence-corrected chi connectivity index (χ2v) is 3.49. The van der Waals surface area contributed by atoms with E-state index in [9.17, 15) is 9.59 Å². The highest BCUT2D eigenvalue weighted by molar-refractivity contribution is 5.70. The van der Waals surface area contributed by atoms with Crippen LogP contribution >= 0.6 is 0 Å². The molecule has 10 heteroatoms. The molecule has 0 heterocycles. The standard InChI is InChI=1S/C8H16N2O6.2H3N/c9-4-8(1-5(11)12,2-6(13)14)10-3-7(15)16;;/h5,10-12H,1-4,9H2,(H,13,14)(H,15,16);2*1H3. The molecule has 0 aliphatic carbocycles. The van der Waals surface area contributed by atoms with Crippen molar-refractivity contribution in [3.05, 3.63) is 0 Å². The summed E-state index contributed by atoms with van der Waals surface area (Å²) in [6, 6.07) is 0. The predicted molar refractivity (Wildman–Crippen MR) is 62.6 cm³/mol. The molecule has 0 aromatic heterocycles. The highest BCUT2D eigenvalue weighted by Crippen LogP contribution is 2.16. The smallest absolute Gasteiger partial charge is 0.317 e. The van der Waals surface area contributed by atoms with Crippen LogP contribution in [0, 0.1) is 0 Å². The molecule has 18 heavy (non-hydrogen) atoms. The zero-order valence-electron chi connectivity index (χ0n) is 10.0. The Morgan fingerprint density at radius 1 is 1.17 bits per heavy atom. The van der Waals surface area contributed by atoms with Crippen molar-refractivity contribution >= 4 is 11.9 Å². The number of carboxylic acids is 2. The van der Waals surface area contributed by atoms with E-state index in [-0.39, 0.29) is 25.3 Å². The lowest BCUT2D eigenvalue weighted by molar-refractivity contribution is -0.142. The molecule has 13 N–H and O–H groups in total. The quantitative estimate of drug-likeness (QED) is 0.223. The van der Waals surface area contributed by atoms with Crippen molar-refractivity contribution < 1.29 is 30.0 Å². The number of rotatable bonds is 8. The van der Waals surface area contributed by atoms with Crippen molar-refractivity contribution in [1.29, 1.82) is 0 Å². The number of aliphatic hydroxyl groups is 2. The number of nitrogens with two attached hydrogens (primary N) is 1. The van der Waals surface area contributed by atoms with E-state index in [0.29, 0.717) is 0 Å². The summed E-state index contributed by atoms with van der Waals surface area (Å²) in [6.45, 7) is -0.721. The molecule has 0 rings (SSSR count). The Balaban J connectivity index is -0.00000112. The number of carbonyl (C=O) groups is 2. The molecule has 0 radical (unpaired) electrons. The normalized spacial score (nSPS) is 13.1. The Hall–Kier alpha value is -1.30. The number of hydrogen-bond acceptors (Lipinski definition) is 8. The van der Waals surface area contributed by atoms with E-state index in [4.69, 9.17) is 26.2 Å². The van der Waals surface area contributed by atoms with Crippen molar-refractivity contribution in [3.8, 4) is 0 Å². The first-order chi connectivity index (χ1) is 7.31. The van der Waals surface area contributed by atoms with Crippen LogP contribution in [0.25, 0.3) is 0 Å². The van der Waals surface area contributed by atoms with E-state index in [1.165, 1.54) is 0 Å². The second kappa shape index (κ2) is 9.70. The van der Waals surface area contributed by atoms with Crippen molar-refractivity contribution in [2.24, 2.45) is 5.73 Å². The van der Waals surface area contributed by atoms with Crippen LogP contribution in [0.2, 0.25) is 0 Å². The first-order valence-electron chi connectivity index (χ1n) is 4.56. The van der Waals surface area contributed by atoms with Crippen LogP contribution in [0.5, 0.6) is 0 Å². The summed E-state index contributed by atoms with van der Waals surface area (Å²) < 4.78 is 0.